The van der Waals surface area contributed by atoms with Gasteiger partial charge in [-0.2, -0.15) is 5.26 Å². The van der Waals surface area contributed by atoms with Crippen LogP contribution in [-0.2, 0) is 0 Å². The summed E-state index contributed by atoms with van der Waals surface area (Å²) >= 11 is 13.9. The average molecular weight is 374 g/mol. The Bertz CT molecular complexity index is 987. The Morgan fingerprint density at radius 3 is 2.54 bits per heavy atom. The summed E-state index contributed by atoms with van der Waals surface area (Å²) in [5, 5.41) is 12.6. The molecule has 0 bridgehead atoms. The third-order valence-electron chi connectivity index (χ3n) is 3.86. The molecule has 2 heterocycles. The Morgan fingerprint density at radius 1 is 1.21 bits per heavy atom. The number of nitrogen functional groups attached to an aromatic ring is 1. The molecule has 0 amide bonds. The summed E-state index contributed by atoms with van der Waals surface area (Å²) in [7, 11) is 0. The van der Waals surface area contributed by atoms with Crippen molar-refractivity contribution in [2.24, 2.45) is 0 Å². The van der Waals surface area contributed by atoms with Gasteiger partial charge in [-0.15, -0.1) is 11.3 Å². The largest absolute Gasteiger partial charge is 0.383 e. The molecular formula is C18H13Cl2N3S. The second kappa shape index (κ2) is 6.45. The lowest BCUT2D eigenvalue weighted by Crippen LogP contribution is -2.03. The number of hydrogen-bond acceptors (Lipinski definition) is 4. The lowest BCUT2D eigenvalue weighted by Gasteiger charge is -2.15. The van der Waals surface area contributed by atoms with Gasteiger partial charge >= 0.3 is 0 Å². The van der Waals surface area contributed by atoms with Crippen molar-refractivity contribution in [3.05, 3.63) is 56.4 Å². The van der Waals surface area contributed by atoms with Crippen molar-refractivity contribution in [1.29, 1.82) is 5.26 Å². The van der Waals surface area contributed by atoms with Crippen molar-refractivity contribution in [2.75, 3.05) is 5.73 Å². The number of nitriles is 1. The van der Waals surface area contributed by atoms with Crippen molar-refractivity contribution in [3.63, 3.8) is 0 Å². The zero-order chi connectivity index (χ0) is 17.4. The standard InChI is InChI=1S/C18H13Cl2N3S/c1-9-5-6-24-17(9)15-10(2)16(23-18(22)13(15)8-21)12-4-3-11(19)7-14(12)20/h3-7H,1-2H3,(H2,22,23). The quantitative estimate of drug-likeness (QED) is 0.612. The average Bonchev–Trinajstić information content (AvgIpc) is 2.95. The highest BCUT2D eigenvalue weighted by Crippen LogP contribution is 2.41. The molecule has 0 atom stereocenters. The van der Waals surface area contributed by atoms with Gasteiger partial charge in [0, 0.05) is 21.0 Å². The van der Waals surface area contributed by atoms with E-state index in [1.807, 2.05) is 31.4 Å². The lowest BCUT2D eigenvalue weighted by molar-refractivity contribution is 1.26. The summed E-state index contributed by atoms with van der Waals surface area (Å²) in [6, 6.07) is 9.45. The maximum absolute atomic E-state index is 9.56. The van der Waals surface area contributed by atoms with Gasteiger partial charge < -0.3 is 5.73 Å². The summed E-state index contributed by atoms with van der Waals surface area (Å²) in [6.45, 7) is 3.94. The van der Waals surface area contributed by atoms with Crippen LogP contribution >= 0.6 is 34.5 Å². The Kier molecular flexibility index (Phi) is 4.51. The van der Waals surface area contributed by atoms with Gasteiger partial charge in [0.1, 0.15) is 17.5 Å². The number of hydrogen-bond donors (Lipinski definition) is 1. The SMILES string of the molecule is Cc1ccsc1-c1c(C)c(-c2ccc(Cl)cc2Cl)nc(N)c1C#N. The van der Waals surface area contributed by atoms with Gasteiger partial charge in [0.15, 0.2) is 0 Å². The van der Waals surface area contributed by atoms with Crippen LogP contribution in [0, 0.1) is 25.2 Å². The fraction of sp³-hybridized carbons (Fsp3) is 0.111. The molecule has 120 valence electrons. The summed E-state index contributed by atoms with van der Waals surface area (Å²) < 4.78 is 0. The van der Waals surface area contributed by atoms with Gasteiger partial charge in [-0.05, 0) is 54.6 Å². The molecule has 2 aromatic heterocycles. The van der Waals surface area contributed by atoms with Crippen LogP contribution in [0.3, 0.4) is 0 Å². The molecule has 2 N–H and O–H groups in total. The number of aromatic nitrogens is 1. The van der Waals surface area contributed by atoms with Crippen molar-refractivity contribution >= 4 is 40.4 Å². The van der Waals surface area contributed by atoms with E-state index in [9.17, 15) is 5.26 Å². The van der Waals surface area contributed by atoms with Crippen LogP contribution in [-0.4, -0.2) is 4.98 Å². The summed E-state index contributed by atoms with van der Waals surface area (Å²) in [6.07, 6.45) is 0. The van der Waals surface area contributed by atoms with Gasteiger partial charge in [0.05, 0.1) is 10.7 Å². The van der Waals surface area contributed by atoms with Crippen molar-refractivity contribution in [2.45, 2.75) is 13.8 Å². The molecule has 24 heavy (non-hydrogen) atoms. The molecule has 1 aromatic carbocycles. The number of nitrogens with zero attached hydrogens (tertiary/aromatic N) is 2. The number of anilines is 1. The van der Waals surface area contributed by atoms with Crippen molar-refractivity contribution in [3.8, 4) is 27.8 Å². The maximum Gasteiger partial charge on any atom is 0.142 e. The second-order valence-corrected chi connectivity index (χ2v) is 7.15. The number of benzene rings is 1. The highest BCUT2D eigenvalue weighted by molar-refractivity contribution is 7.13. The maximum atomic E-state index is 9.56. The minimum atomic E-state index is 0.201. The Hall–Kier alpha value is -2.06. The van der Waals surface area contributed by atoms with Crippen LogP contribution in [0.15, 0.2) is 29.6 Å². The first-order valence-corrected chi connectivity index (χ1v) is 8.77. The zero-order valence-electron chi connectivity index (χ0n) is 13.0. The minimum absolute atomic E-state index is 0.201. The minimum Gasteiger partial charge on any atom is -0.383 e. The van der Waals surface area contributed by atoms with E-state index in [0.29, 0.717) is 21.3 Å². The van der Waals surface area contributed by atoms with Crippen molar-refractivity contribution < 1.29 is 0 Å². The van der Waals surface area contributed by atoms with Gasteiger partial charge in [0.2, 0.25) is 0 Å². The highest BCUT2D eigenvalue weighted by Gasteiger charge is 2.21. The molecule has 6 heteroatoms. The van der Waals surface area contributed by atoms with E-state index < -0.39 is 0 Å². The number of aryl methyl sites for hydroxylation is 1. The van der Waals surface area contributed by atoms with E-state index in [1.54, 1.807) is 23.5 Å². The summed E-state index contributed by atoms with van der Waals surface area (Å²) in [4.78, 5) is 5.45. The van der Waals surface area contributed by atoms with Gasteiger partial charge in [0.25, 0.3) is 0 Å². The van der Waals surface area contributed by atoms with Crippen LogP contribution in [0.1, 0.15) is 16.7 Å². The van der Waals surface area contributed by atoms with Crippen LogP contribution in [0.4, 0.5) is 5.82 Å². The van der Waals surface area contributed by atoms with E-state index in [1.165, 1.54) is 0 Å². The van der Waals surface area contributed by atoms with Crippen LogP contribution in [0.2, 0.25) is 10.0 Å². The van der Waals surface area contributed by atoms with Crippen LogP contribution < -0.4 is 5.73 Å². The molecule has 0 saturated heterocycles. The number of thiophene rings is 1. The number of halogens is 2. The molecule has 3 nitrogen and oxygen atoms in total. The fourth-order valence-electron chi connectivity index (χ4n) is 2.66. The number of pyridine rings is 1. The zero-order valence-corrected chi connectivity index (χ0v) is 15.4. The molecule has 0 saturated carbocycles. The van der Waals surface area contributed by atoms with Crippen LogP contribution in [0.5, 0.6) is 0 Å². The molecular weight excluding hydrogens is 361 g/mol. The summed E-state index contributed by atoms with van der Waals surface area (Å²) in [5.41, 5.74) is 10.7. The molecule has 0 aliphatic heterocycles. The predicted octanol–water partition coefficient (Wildman–Crippen LogP) is 5.85. The molecule has 3 rings (SSSR count). The second-order valence-electron chi connectivity index (χ2n) is 5.39. The first-order valence-electron chi connectivity index (χ1n) is 7.14. The summed E-state index contributed by atoms with van der Waals surface area (Å²) in [5.74, 6) is 0.201. The predicted molar refractivity (Wildman–Crippen MR) is 102 cm³/mol. The fourth-order valence-corrected chi connectivity index (χ4v) is 4.20. The molecule has 3 aromatic rings. The Labute approximate surface area is 154 Å². The topological polar surface area (TPSA) is 62.7 Å². The molecule has 0 radical (unpaired) electrons. The molecule has 0 unspecified atom stereocenters. The third kappa shape index (κ3) is 2.76. The third-order valence-corrected chi connectivity index (χ3v) is 5.44. The first kappa shape index (κ1) is 16.8. The Morgan fingerprint density at radius 2 is 1.96 bits per heavy atom. The first-order chi connectivity index (χ1) is 11.4. The highest BCUT2D eigenvalue weighted by atomic mass is 35.5. The molecule has 0 spiro atoms. The number of rotatable bonds is 2. The molecule has 0 aliphatic rings. The normalized spacial score (nSPS) is 10.6. The van der Waals surface area contributed by atoms with Crippen molar-refractivity contribution in [1.82, 2.24) is 4.98 Å². The van der Waals surface area contributed by atoms with E-state index >= 15 is 0 Å². The van der Waals surface area contributed by atoms with E-state index in [4.69, 9.17) is 28.9 Å². The number of nitrogens with two attached hydrogens (primary N) is 1. The van der Waals surface area contributed by atoms with Gasteiger partial charge in [-0.1, -0.05) is 23.2 Å². The smallest absolute Gasteiger partial charge is 0.142 e. The van der Waals surface area contributed by atoms with E-state index in [-0.39, 0.29) is 5.82 Å². The lowest BCUT2D eigenvalue weighted by atomic mass is 9.95. The van der Waals surface area contributed by atoms with E-state index in [0.717, 1.165) is 27.1 Å². The van der Waals surface area contributed by atoms with E-state index in [2.05, 4.69) is 11.1 Å². The monoisotopic (exact) mass is 373 g/mol. The van der Waals surface area contributed by atoms with Gasteiger partial charge in [-0.25, -0.2) is 4.98 Å². The Balaban J connectivity index is 2.37. The molecule has 0 fully saturated rings. The van der Waals surface area contributed by atoms with Gasteiger partial charge in [-0.3, -0.25) is 0 Å². The molecule has 0 aliphatic carbocycles. The van der Waals surface area contributed by atoms with Crippen LogP contribution in [0.25, 0.3) is 21.7 Å².